The van der Waals surface area contributed by atoms with Crippen LogP contribution in [0.15, 0.2) is 42.5 Å². The molecule has 0 aromatic heterocycles. The van der Waals surface area contributed by atoms with Crippen molar-refractivity contribution in [2.75, 3.05) is 12.4 Å². The van der Waals surface area contributed by atoms with E-state index in [0.717, 1.165) is 24.8 Å². The summed E-state index contributed by atoms with van der Waals surface area (Å²) in [5.74, 6) is -0.617. The molecule has 0 heterocycles. The molecule has 0 radical (unpaired) electrons. The average molecular weight is 378 g/mol. The van der Waals surface area contributed by atoms with E-state index in [1.54, 1.807) is 24.3 Å². The summed E-state index contributed by atoms with van der Waals surface area (Å²) in [7, 11) is 1.30. The Balaban J connectivity index is 1.88. The van der Waals surface area contributed by atoms with E-state index in [0.29, 0.717) is 21.3 Å². The van der Waals surface area contributed by atoms with Crippen molar-refractivity contribution >= 4 is 40.8 Å². The lowest BCUT2D eigenvalue weighted by atomic mass is 9.64. The quantitative estimate of drug-likeness (QED) is 0.775. The molecule has 25 heavy (non-hydrogen) atoms. The van der Waals surface area contributed by atoms with Gasteiger partial charge in [0.1, 0.15) is 0 Å². The molecule has 1 aliphatic carbocycles. The Morgan fingerprint density at radius 1 is 1.08 bits per heavy atom. The molecule has 0 unspecified atom stereocenters. The summed E-state index contributed by atoms with van der Waals surface area (Å²) in [6.07, 6.45) is 2.50. The largest absolute Gasteiger partial charge is 0.465 e. The highest BCUT2D eigenvalue weighted by Gasteiger charge is 2.45. The lowest BCUT2D eigenvalue weighted by Gasteiger charge is -2.40. The second-order valence-corrected chi connectivity index (χ2v) is 6.93. The van der Waals surface area contributed by atoms with Crippen LogP contribution in [0.5, 0.6) is 0 Å². The minimum Gasteiger partial charge on any atom is -0.465 e. The van der Waals surface area contributed by atoms with E-state index in [-0.39, 0.29) is 5.91 Å². The van der Waals surface area contributed by atoms with Gasteiger partial charge in [-0.3, -0.25) is 4.79 Å². The lowest BCUT2D eigenvalue weighted by molar-refractivity contribution is -0.124. The highest BCUT2D eigenvalue weighted by Crippen LogP contribution is 2.45. The van der Waals surface area contributed by atoms with Gasteiger partial charge in [-0.05, 0) is 48.7 Å². The van der Waals surface area contributed by atoms with E-state index < -0.39 is 11.4 Å². The molecule has 1 N–H and O–H groups in total. The summed E-state index contributed by atoms with van der Waals surface area (Å²) in [6.45, 7) is 0. The van der Waals surface area contributed by atoms with Gasteiger partial charge in [-0.2, -0.15) is 0 Å². The van der Waals surface area contributed by atoms with Crippen LogP contribution in [0.3, 0.4) is 0 Å². The third kappa shape index (κ3) is 3.37. The summed E-state index contributed by atoms with van der Waals surface area (Å²) < 4.78 is 4.71. The Kier molecular flexibility index (Phi) is 5.02. The fourth-order valence-corrected chi connectivity index (χ4v) is 3.34. The van der Waals surface area contributed by atoms with Crippen LogP contribution < -0.4 is 5.32 Å². The number of nitrogens with one attached hydrogen (secondary N) is 1. The SMILES string of the molecule is COC(=O)c1ccc(Cl)c(NC(=O)C2(c3ccc(Cl)cc3)CCC2)c1. The Labute approximate surface area is 156 Å². The molecule has 4 nitrogen and oxygen atoms in total. The molecule has 0 spiro atoms. The van der Waals surface area contributed by atoms with Crippen LogP contribution in [-0.4, -0.2) is 19.0 Å². The Morgan fingerprint density at radius 2 is 1.76 bits per heavy atom. The van der Waals surface area contributed by atoms with Crippen molar-refractivity contribution in [3.8, 4) is 0 Å². The molecule has 2 aromatic carbocycles. The average Bonchev–Trinajstić information content (AvgIpc) is 2.57. The molecule has 2 aromatic rings. The first kappa shape index (κ1) is 17.8. The van der Waals surface area contributed by atoms with Crippen molar-refractivity contribution < 1.29 is 14.3 Å². The predicted molar refractivity (Wildman–Crippen MR) is 98.4 cm³/mol. The number of esters is 1. The number of rotatable bonds is 4. The topological polar surface area (TPSA) is 55.4 Å². The number of ether oxygens (including phenoxy) is 1. The number of benzene rings is 2. The minimum absolute atomic E-state index is 0.134. The number of anilines is 1. The van der Waals surface area contributed by atoms with Gasteiger partial charge in [0.15, 0.2) is 0 Å². The van der Waals surface area contributed by atoms with Crippen LogP contribution in [0.4, 0.5) is 5.69 Å². The molecule has 1 amide bonds. The molecule has 0 atom stereocenters. The molecule has 6 heteroatoms. The third-order valence-corrected chi connectivity index (χ3v) is 5.26. The normalized spacial score (nSPS) is 15.2. The molecule has 0 saturated heterocycles. The van der Waals surface area contributed by atoms with Gasteiger partial charge in [-0.25, -0.2) is 4.79 Å². The van der Waals surface area contributed by atoms with Crippen LogP contribution in [-0.2, 0) is 14.9 Å². The van der Waals surface area contributed by atoms with Crippen LogP contribution >= 0.6 is 23.2 Å². The number of halogens is 2. The van der Waals surface area contributed by atoms with Crippen molar-refractivity contribution in [2.45, 2.75) is 24.7 Å². The van der Waals surface area contributed by atoms with E-state index in [1.165, 1.54) is 13.2 Å². The van der Waals surface area contributed by atoms with Crippen molar-refractivity contribution in [3.05, 3.63) is 63.6 Å². The Hall–Kier alpha value is -2.04. The second-order valence-electron chi connectivity index (χ2n) is 6.08. The van der Waals surface area contributed by atoms with Gasteiger partial charge in [-0.15, -0.1) is 0 Å². The van der Waals surface area contributed by atoms with Gasteiger partial charge < -0.3 is 10.1 Å². The fraction of sp³-hybridized carbons (Fsp3) is 0.263. The number of methoxy groups -OCH3 is 1. The summed E-state index contributed by atoms with van der Waals surface area (Å²) in [4.78, 5) is 24.7. The molecule has 0 bridgehead atoms. The number of carbonyl (C=O) groups is 2. The summed E-state index contributed by atoms with van der Waals surface area (Å²) in [6, 6.07) is 12.0. The van der Waals surface area contributed by atoms with E-state index in [4.69, 9.17) is 27.9 Å². The van der Waals surface area contributed by atoms with Crippen LogP contribution in [0, 0.1) is 0 Å². The predicted octanol–water partition coefficient (Wildman–Crippen LogP) is 4.84. The third-order valence-electron chi connectivity index (χ3n) is 4.67. The lowest BCUT2D eigenvalue weighted by Crippen LogP contribution is -2.46. The first-order valence-corrected chi connectivity index (χ1v) is 8.67. The zero-order chi connectivity index (χ0) is 18.0. The summed E-state index contributed by atoms with van der Waals surface area (Å²) >= 11 is 12.1. The van der Waals surface area contributed by atoms with Gasteiger partial charge in [-0.1, -0.05) is 41.8 Å². The fourth-order valence-electron chi connectivity index (χ4n) is 3.05. The number of hydrogen-bond donors (Lipinski definition) is 1. The first-order valence-electron chi connectivity index (χ1n) is 7.92. The number of hydrogen-bond acceptors (Lipinski definition) is 3. The second kappa shape index (κ2) is 7.06. The molecule has 1 aliphatic rings. The maximum atomic E-state index is 13.0. The highest BCUT2D eigenvalue weighted by molar-refractivity contribution is 6.34. The van der Waals surface area contributed by atoms with Crippen LogP contribution in [0.2, 0.25) is 10.0 Å². The maximum Gasteiger partial charge on any atom is 0.337 e. The van der Waals surface area contributed by atoms with Crippen LogP contribution in [0.25, 0.3) is 0 Å². The summed E-state index contributed by atoms with van der Waals surface area (Å²) in [5.41, 5.74) is 1.07. The molecule has 0 aliphatic heterocycles. The highest BCUT2D eigenvalue weighted by atomic mass is 35.5. The number of carbonyl (C=O) groups excluding carboxylic acids is 2. The Bertz CT molecular complexity index is 814. The van der Waals surface area contributed by atoms with E-state index in [2.05, 4.69) is 5.32 Å². The smallest absolute Gasteiger partial charge is 0.337 e. The van der Waals surface area contributed by atoms with Crippen molar-refractivity contribution in [1.29, 1.82) is 0 Å². The van der Waals surface area contributed by atoms with E-state index in [9.17, 15) is 9.59 Å². The molecule has 3 rings (SSSR count). The van der Waals surface area contributed by atoms with Gasteiger partial charge in [0.2, 0.25) is 5.91 Å². The van der Waals surface area contributed by atoms with Crippen LogP contribution in [0.1, 0.15) is 35.2 Å². The molecule has 1 fully saturated rings. The molecule has 1 saturated carbocycles. The monoisotopic (exact) mass is 377 g/mol. The van der Waals surface area contributed by atoms with E-state index in [1.807, 2.05) is 12.1 Å². The maximum absolute atomic E-state index is 13.0. The molecule has 130 valence electrons. The zero-order valence-electron chi connectivity index (χ0n) is 13.6. The number of amides is 1. The standard InChI is InChI=1S/C19H17Cl2NO3/c1-25-17(23)12-3-8-15(21)16(11-12)22-18(24)19(9-2-10-19)13-4-6-14(20)7-5-13/h3-8,11H,2,9-10H2,1H3,(H,22,24). The van der Waals surface area contributed by atoms with Gasteiger partial charge in [0.25, 0.3) is 0 Å². The van der Waals surface area contributed by atoms with Gasteiger partial charge in [0.05, 0.1) is 28.8 Å². The first-order chi connectivity index (χ1) is 12.0. The van der Waals surface area contributed by atoms with Gasteiger partial charge >= 0.3 is 5.97 Å². The Morgan fingerprint density at radius 3 is 2.32 bits per heavy atom. The van der Waals surface area contributed by atoms with Crippen molar-refractivity contribution in [1.82, 2.24) is 0 Å². The zero-order valence-corrected chi connectivity index (χ0v) is 15.2. The molecular weight excluding hydrogens is 361 g/mol. The minimum atomic E-state index is -0.588. The molecular formula is C19H17Cl2NO3. The van der Waals surface area contributed by atoms with Gasteiger partial charge in [0, 0.05) is 5.02 Å². The van der Waals surface area contributed by atoms with Crippen molar-refractivity contribution in [2.24, 2.45) is 0 Å². The van der Waals surface area contributed by atoms with Crippen molar-refractivity contribution in [3.63, 3.8) is 0 Å². The van der Waals surface area contributed by atoms with E-state index >= 15 is 0 Å². The summed E-state index contributed by atoms with van der Waals surface area (Å²) in [5, 5.41) is 3.87.